The van der Waals surface area contributed by atoms with E-state index < -0.39 is 0 Å². The minimum absolute atomic E-state index is 0.284. The van der Waals surface area contributed by atoms with Crippen LogP contribution in [0.15, 0.2) is 140 Å². The Morgan fingerprint density at radius 2 is 1.29 bits per heavy atom. The fourth-order valence-electron chi connectivity index (χ4n) is 6.27. The molecule has 0 saturated heterocycles. The quantitative estimate of drug-likeness (QED) is 0.264. The number of para-hydroxylation sites is 2. The van der Waals surface area contributed by atoms with Gasteiger partial charge >= 0.3 is 0 Å². The zero-order valence-corrected chi connectivity index (χ0v) is 20.9. The van der Waals surface area contributed by atoms with Crippen molar-refractivity contribution in [1.82, 2.24) is 4.57 Å². The standard InChI is InChI=1S/C36H26N2/c1-3-9-24(10-4-1)27-15-18-29-31-21-25(16-19-33(31)37-34(29)23-27)26-17-20-36-32(22-26)30-13-7-8-14-35(30)38(36)28-11-5-2-6-12-28/h1-23,29,34,37H. The largest absolute Gasteiger partial charge is 0.378 e. The van der Waals surface area contributed by atoms with Crippen molar-refractivity contribution >= 4 is 33.1 Å². The predicted octanol–water partition coefficient (Wildman–Crippen LogP) is 8.98. The zero-order chi connectivity index (χ0) is 25.1. The molecule has 0 radical (unpaired) electrons. The molecule has 0 saturated carbocycles. The van der Waals surface area contributed by atoms with Gasteiger partial charge in [-0.05, 0) is 70.3 Å². The summed E-state index contributed by atoms with van der Waals surface area (Å²) in [6, 6.07) is 44.1. The Kier molecular flexibility index (Phi) is 4.68. The van der Waals surface area contributed by atoms with E-state index >= 15 is 0 Å². The zero-order valence-electron chi connectivity index (χ0n) is 20.9. The Labute approximate surface area is 222 Å². The number of nitrogens with zero attached hydrogens (tertiary/aromatic N) is 1. The van der Waals surface area contributed by atoms with E-state index in [4.69, 9.17) is 0 Å². The van der Waals surface area contributed by atoms with Gasteiger partial charge in [-0.15, -0.1) is 0 Å². The van der Waals surface area contributed by atoms with Gasteiger partial charge < -0.3 is 9.88 Å². The smallest absolute Gasteiger partial charge is 0.0557 e. The summed E-state index contributed by atoms with van der Waals surface area (Å²) >= 11 is 0. The minimum Gasteiger partial charge on any atom is -0.378 e. The van der Waals surface area contributed by atoms with Crippen LogP contribution in [0.3, 0.4) is 0 Å². The van der Waals surface area contributed by atoms with Crippen LogP contribution in [0.4, 0.5) is 5.69 Å². The average Bonchev–Trinajstić information content (AvgIpc) is 3.52. The summed E-state index contributed by atoms with van der Waals surface area (Å²) in [4.78, 5) is 0. The first-order valence-electron chi connectivity index (χ1n) is 13.3. The first-order chi connectivity index (χ1) is 18.8. The van der Waals surface area contributed by atoms with Crippen molar-refractivity contribution in [2.24, 2.45) is 0 Å². The van der Waals surface area contributed by atoms with E-state index in [1.165, 1.54) is 61.0 Å². The number of anilines is 1. The molecule has 2 atom stereocenters. The van der Waals surface area contributed by atoms with Gasteiger partial charge in [-0.2, -0.15) is 0 Å². The molecular weight excluding hydrogens is 460 g/mol. The van der Waals surface area contributed by atoms with Crippen LogP contribution < -0.4 is 5.32 Å². The van der Waals surface area contributed by atoms with Crippen molar-refractivity contribution in [3.05, 3.63) is 151 Å². The van der Waals surface area contributed by atoms with Crippen molar-refractivity contribution in [1.29, 1.82) is 0 Å². The number of allylic oxidation sites excluding steroid dienone is 2. The maximum Gasteiger partial charge on any atom is 0.0557 e. The molecule has 2 heterocycles. The number of nitrogens with one attached hydrogen (secondary N) is 1. The van der Waals surface area contributed by atoms with Crippen LogP contribution in [0.5, 0.6) is 0 Å². The topological polar surface area (TPSA) is 17.0 Å². The van der Waals surface area contributed by atoms with Crippen LogP contribution in [0.2, 0.25) is 0 Å². The van der Waals surface area contributed by atoms with E-state index in [0.717, 1.165) is 0 Å². The van der Waals surface area contributed by atoms with Crippen LogP contribution in [-0.4, -0.2) is 10.6 Å². The van der Waals surface area contributed by atoms with Gasteiger partial charge in [-0.3, -0.25) is 0 Å². The lowest BCUT2D eigenvalue weighted by Gasteiger charge is -2.20. The van der Waals surface area contributed by atoms with Crippen LogP contribution >= 0.6 is 0 Å². The fourth-order valence-corrected chi connectivity index (χ4v) is 6.27. The first-order valence-corrected chi connectivity index (χ1v) is 13.3. The van der Waals surface area contributed by atoms with Gasteiger partial charge in [0.25, 0.3) is 0 Å². The van der Waals surface area contributed by atoms with E-state index in [1.807, 2.05) is 0 Å². The van der Waals surface area contributed by atoms with Crippen LogP contribution in [0, 0.1) is 0 Å². The molecule has 1 aromatic heterocycles. The van der Waals surface area contributed by atoms with Gasteiger partial charge in [0, 0.05) is 28.1 Å². The molecule has 0 fully saturated rings. The summed E-state index contributed by atoms with van der Waals surface area (Å²) in [5.74, 6) is 0.348. The molecule has 2 nitrogen and oxygen atoms in total. The van der Waals surface area contributed by atoms with Gasteiger partial charge in [-0.25, -0.2) is 0 Å². The molecule has 38 heavy (non-hydrogen) atoms. The van der Waals surface area contributed by atoms with E-state index in [-0.39, 0.29) is 6.04 Å². The van der Waals surface area contributed by atoms with Crippen LogP contribution in [-0.2, 0) is 0 Å². The van der Waals surface area contributed by atoms with Crippen LogP contribution in [0.1, 0.15) is 17.0 Å². The molecule has 2 unspecified atom stereocenters. The third kappa shape index (κ3) is 3.27. The molecule has 0 bridgehead atoms. The van der Waals surface area contributed by atoms with Crippen molar-refractivity contribution in [3.63, 3.8) is 0 Å². The summed E-state index contributed by atoms with van der Waals surface area (Å²) in [6.45, 7) is 0. The SMILES string of the molecule is C1=CC2c3cc(-c4ccc5c(c4)c4ccccc4n5-c4ccccc4)ccc3NC2C=C1c1ccccc1. The van der Waals surface area contributed by atoms with E-state index in [1.54, 1.807) is 0 Å². The number of rotatable bonds is 3. The van der Waals surface area contributed by atoms with Gasteiger partial charge in [-0.1, -0.05) is 97.1 Å². The van der Waals surface area contributed by atoms with Crippen molar-refractivity contribution in [3.8, 4) is 16.8 Å². The molecule has 1 aliphatic carbocycles. The van der Waals surface area contributed by atoms with Gasteiger partial charge in [0.15, 0.2) is 0 Å². The third-order valence-corrected chi connectivity index (χ3v) is 8.09. The maximum absolute atomic E-state index is 3.76. The first kappa shape index (κ1) is 21.3. The molecule has 2 heteroatoms. The highest BCUT2D eigenvalue weighted by atomic mass is 15.0. The number of benzene rings is 5. The second-order valence-corrected chi connectivity index (χ2v) is 10.3. The molecule has 2 aliphatic rings. The lowest BCUT2D eigenvalue weighted by Crippen LogP contribution is -2.19. The Bertz CT molecular complexity index is 1890. The van der Waals surface area contributed by atoms with Crippen LogP contribution in [0.25, 0.3) is 44.2 Å². The molecule has 0 amide bonds. The lowest BCUT2D eigenvalue weighted by atomic mass is 9.86. The number of fused-ring (bicyclic) bond motifs is 6. The molecule has 6 aromatic rings. The normalized spacial score (nSPS) is 17.7. The van der Waals surface area contributed by atoms with E-state index in [9.17, 15) is 0 Å². The second kappa shape index (κ2) is 8.36. The molecule has 1 aliphatic heterocycles. The Morgan fingerprint density at radius 1 is 0.579 bits per heavy atom. The third-order valence-electron chi connectivity index (χ3n) is 8.09. The summed E-state index contributed by atoms with van der Waals surface area (Å²) in [5.41, 5.74) is 11.3. The van der Waals surface area contributed by atoms with E-state index in [2.05, 4.69) is 149 Å². The highest BCUT2D eigenvalue weighted by molar-refractivity contribution is 6.10. The molecule has 1 N–H and O–H groups in total. The lowest BCUT2D eigenvalue weighted by molar-refractivity contribution is 0.808. The summed E-state index contributed by atoms with van der Waals surface area (Å²) < 4.78 is 2.37. The minimum atomic E-state index is 0.284. The summed E-state index contributed by atoms with van der Waals surface area (Å²) in [6.07, 6.45) is 7.03. The molecule has 0 spiro atoms. The highest BCUT2D eigenvalue weighted by Gasteiger charge is 2.31. The Balaban J connectivity index is 1.20. The Morgan fingerprint density at radius 3 is 2.16 bits per heavy atom. The highest BCUT2D eigenvalue weighted by Crippen LogP contribution is 2.43. The molecule has 8 rings (SSSR count). The van der Waals surface area contributed by atoms with Gasteiger partial charge in [0.2, 0.25) is 0 Å². The fraction of sp³-hybridized carbons (Fsp3) is 0.0556. The Hall–Kier alpha value is -4.82. The van der Waals surface area contributed by atoms with Crippen molar-refractivity contribution in [2.45, 2.75) is 12.0 Å². The van der Waals surface area contributed by atoms with Crippen molar-refractivity contribution in [2.75, 3.05) is 5.32 Å². The van der Waals surface area contributed by atoms with E-state index in [0.29, 0.717) is 5.92 Å². The number of aromatic nitrogens is 1. The maximum atomic E-state index is 3.76. The number of hydrogen-bond donors (Lipinski definition) is 1. The van der Waals surface area contributed by atoms with Crippen molar-refractivity contribution < 1.29 is 0 Å². The molecule has 180 valence electrons. The van der Waals surface area contributed by atoms with Gasteiger partial charge in [0.05, 0.1) is 17.1 Å². The predicted molar refractivity (Wildman–Crippen MR) is 160 cm³/mol. The number of hydrogen-bond acceptors (Lipinski definition) is 1. The molecular formula is C36H26N2. The summed E-state index contributed by atoms with van der Waals surface area (Å²) in [5, 5.41) is 6.33. The van der Waals surface area contributed by atoms with Gasteiger partial charge in [0.1, 0.15) is 0 Å². The summed E-state index contributed by atoms with van der Waals surface area (Å²) in [7, 11) is 0. The average molecular weight is 487 g/mol. The molecule has 5 aromatic carbocycles. The monoisotopic (exact) mass is 486 g/mol. The second-order valence-electron chi connectivity index (χ2n) is 10.3.